The molecule has 4 atom stereocenters. The Bertz CT molecular complexity index is 682. The van der Waals surface area contributed by atoms with E-state index in [2.05, 4.69) is 11.8 Å². The molecule has 0 N–H and O–H groups in total. The van der Waals surface area contributed by atoms with Gasteiger partial charge in [-0.05, 0) is 30.2 Å². The van der Waals surface area contributed by atoms with Crippen molar-refractivity contribution in [2.24, 2.45) is 11.8 Å². The molecular formula is C21H33NO6P2. The van der Waals surface area contributed by atoms with Crippen LogP contribution in [0.2, 0.25) is 0 Å². The first-order valence-corrected chi connectivity index (χ1v) is 12.7. The topological polar surface area (TPSA) is 75.4 Å². The smallest absolute Gasteiger partial charge is 0.371 e. The third-order valence-corrected chi connectivity index (χ3v) is 6.67. The molecule has 0 fully saturated rings. The summed E-state index contributed by atoms with van der Waals surface area (Å²) >= 11 is 0. The first kappa shape index (κ1) is 26.9. The first-order valence-electron chi connectivity index (χ1n) is 10.3. The van der Waals surface area contributed by atoms with Gasteiger partial charge in [0.15, 0.2) is 8.46 Å². The molecule has 168 valence electrons. The minimum Gasteiger partial charge on any atom is -0.371 e. The van der Waals surface area contributed by atoms with Crippen LogP contribution in [0.15, 0.2) is 30.3 Å². The van der Waals surface area contributed by atoms with Gasteiger partial charge in [0.1, 0.15) is 6.61 Å². The largest absolute Gasteiger partial charge is 0.475 e. The SMILES string of the molecule is [C-]#[N+]CCOP(=O)(OCCC)OC[C@H](OCc1ccccc1)[C@H](C)[C@H](C)CCP=O. The second-order valence-corrected chi connectivity index (χ2v) is 9.48. The van der Waals surface area contributed by atoms with E-state index in [-0.39, 0.29) is 52.8 Å². The van der Waals surface area contributed by atoms with Gasteiger partial charge in [-0.1, -0.05) is 51.1 Å². The molecule has 0 heterocycles. The summed E-state index contributed by atoms with van der Waals surface area (Å²) in [6, 6.07) is 9.79. The number of benzene rings is 1. The lowest BCUT2D eigenvalue weighted by molar-refractivity contribution is -0.0441. The summed E-state index contributed by atoms with van der Waals surface area (Å²) in [5.74, 6) is 0.299. The Morgan fingerprint density at radius 1 is 1.13 bits per heavy atom. The van der Waals surface area contributed by atoms with E-state index in [1.165, 1.54) is 0 Å². The summed E-state index contributed by atoms with van der Waals surface area (Å²) in [6.45, 7) is 13.6. The fourth-order valence-electron chi connectivity index (χ4n) is 2.69. The molecule has 0 saturated heterocycles. The van der Waals surface area contributed by atoms with Crippen molar-refractivity contribution in [2.45, 2.75) is 46.3 Å². The number of phosphoric ester groups is 1. The molecule has 30 heavy (non-hydrogen) atoms. The molecule has 9 heteroatoms. The van der Waals surface area contributed by atoms with Gasteiger partial charge in [-0.25, -0.2) is 11.1 Å². The molecule has 0 aliphatic rings. The highest BCUT2D eigenvalue weighted by Gasteiger charge is 2.31. The minimum absolute atomic E-state index is 0.0193. The van der Waals surface area contributed by atoms with Gasteiger partial charge in [0.25, 0.3) is 0 Å². The molecule has 0 aromatic heterocycles. The molecule has 1 aromatic rings. The molecule has 1 aromatic carbocycles. The van der Waals surface area contributed by atoms with Gasteiger partial charge in [-0.15, -0.1) is 0 Å². The van der Waals surface area contributed by atoms with Crippen molar-refractivity contribution in [2.75, 3.05) is 32.5 Å². The highest BCUT2D eigenvalue weighted by molar-refractivity contribution is 7.48. The Balaban J connectivity index is 2.82. The maximum Gasteiger partial charge on any atom is 0.475 e. The van der Waals surface area contributed by atoms with Gasteiger partial charge in [0, 0.05) is 6.16 Å². The third-order valence-electron chi connectivity index (χ3n) is 4.77. The minimum atomic E-state index is -3.78. The van der Waals surface area contributed by atoms with Crippen molar-refractivity contribution in [3.05, 3.63) is 47.3 Å². The molecule has 0 bridgehead atoms. The molecule has 0 spiro atoms. The van der Waals surface area contributed by atoms with Crippen LogP contribution in [0.3, 0.4) is 0 Å². The molecule has 0 saturated carbocycles. The van der Waals surface area contributed by atoms with Crippen molar-refractivity contribution in [1.82, 2.24) is 0 Å². The van der Waals surface area contributed by atoms with E-state index in [1.54, 1.807) is 0 Å². The lowest BCUT2D eigenvalue weighted by Crippen LogP contribution is -2.31. The van der Waals surface area contributed by atoms with Crippen LogP contribution < -0.4 is 0 Å². The summed E-state index contributed by atoms with van der Waals surface area (Å²) in [6.07, 6.45) is 1.67. The van der Waals surface area contributed by atoms with Gasteiger partial charge < -0.3 is 9.58 Å². The van der Waals surface area contributed by atoms with Crippen molar-refractivity contribution >= 4 is 16.3 Å². The fourth-order valence-corrected chi connectivity index (χ4v) is 4.47. The van der Waals surface area contributed by atoms with Gasteiger partial charge in [0.05, 0.1) is 25.9 Å². The summed E-state index contributed by atoms with van der Waals surface area (Å²) in [4.78, 5) is 3.20. The van der Waals surface area contributed by atoms with E-state index in [0.29, 0.717) is 19.2 Å². The van der Waals surface area contributed by atoms with Crippen molar-refractivity contribution in [3.8, 4) is 0 Å². The van der Waals surface area contributed by atoms with Gasteiger partial charge in [-0.2, -0.15) is 0 Å². The number of ether oxygens (including phenoxy) is 1. The van der Waals surface area contributed by atoms with Crippen molar-refractivity contribution in [3.63, 3.8) is 0 Å². The molecule has 0 aliphatic heterocycles. The number of nitrogens with zero attached hydrogens (tertiary/aromatic N) is 1. The third kappa shape index (κ3) is 10.8. The van der Waals surface area contributed by atoms with E-state index in [0.717, 1.165) is 12.0 Å². The molecule has 0 aliphatic carbocycles. The molecule has 1 rings (SSSR count). The lowest BCUT2D eigenvalue weighted by Gasteiger charge is -2.29. The van der Waals surface area contributed by atoms with Crippen LogP contribution in [0.1, 0.15) is 39.2 Å². The van der Waals surface area contributed by atoms with E-state index in [9.17, 15) is 9.13 Å². The van der Waals surface area contributed by atoms with E-state index in [4.69, 9.17) is 24.9 Å². The summed E-state index contributed by atoms with van der Waals surface area (Å²) in [5.41, 5.74) is 1.03. The Morgan fingerprint density at radius 2 is 1.83 bits per heavy atom. The molecule has 7 nitrogen and oxygen atoms in total. The zero-order valence-electron chi connectivity index (χ0n) is 18.1. The number of hydrogen-bond acceptors (Lipinski definition) is 6. The number of rotatable bonds is 17. The summed E-state index contributed by atoms with van der Waals surface area (Å²) in [7, 11) is -3.65. The van der Waals surface area contributed by atoms with Crippen LogP contribution in [-0.2, 0) is 34.0 Å². The zero-order valence-corrected chi connectivity index (χ0v) is 19.9. The normalized spacial score (nSPS) is 16.5. The van der Waals surface area contributed by atoms with Crippen LogP contribution in [0, 0.1) is 18.4 Å². The molecule has 0 radical (unpaired) electrons. The van der Waals surface area contributed by atoms with Gasteiger partial charge >= 0.3 is 7.82 Å². The van der Waals surface area contributed by atoms with Crippen molar-refractivity contribution < 1.29 is 27.4 Å². The number of phosphoric acid groups is 1. The number of hydrogen-bond donors (Lipinski definition) is 0. The van der Waals surface area contributed by atoms with E-state index < -0.39 is 7.82 Å². The Kier molecular flexibility index (Phi) is 14.0. The average molecular weight is 457 g/mol. The maximum atomic E-state index is 12.9. The highest BCUT2D eigenvalue weighted by Crippen LogP contribution is 2.50. The second-order valence-electron chi connectivity index (χ2n) is 7.10. The maximum absolute atomic E-state index is 12.9. The van der Waals surface area contributed by atoms with Crippen molar-refractivity contribution in [1.29, 1.82) is 0 Å². The highest BCUT2D eigenvalue weighted by atomic mass is 31.2. The fraction of sp³-hybridized carbons (Fsp3) is 0.667. The van der Waals surface area contributed by atoms with E-state index >= 15 is 0 Å². The van der Waals surface area contributed by atoms with E-state index in [1.807, 2.05) is 44.2 Å². The molecule has 0 amide bonds. The van der Waals surface area contributed by atoms with Crippen LogP contribution >= 0.6 is 16.3 Å². The van der Waals surface area contributed by atoms with Gasteiger partial charge in [-0.3, -0.25) is 18.1 Å². The van der Waals surface area contributed by atoms with Gasteiger partial charge in [0.2, 0.25) is 6.54 Å². The molecule has 1 unspecified atom stereocenters. The predicted octanol–water partition coefficient (Wildman–Crippen LogP) is 6.01. The van der Waals surface area contributed by atoms with Crippen LogP contribution in [0.25, 0.3) is 4.85 Å². The summed E-state index contributed by atoms with van der Waals surface area (Å²) in [5, 5.41) is 0. The molecular weight excluding hydrogens is 424 g/mol. The predicted molar refractivity (Wildman–Crippen MR) is 118 cm³/mol. The second kappa shape index (κ2) is 15.6. The average Bonchev–Trinajstić information content (AvgIpc) is 2.76. The Morgan fingerprint density at radius 3 is 2.47 bits per heavy atom. The van der Waals surface area contributed by atoms with Crippen LogP contribution in [0.5, 0.6) is 0 Å². The standard InChI is InChI=1S/C21H33NO6P2/c1-5-13-26-30(24,27-14-12-22-4)28-17-21(19(3)18(2)11-15-29-23)25-16-20-9-7-6-8-10-20/h6-10,18-19,21H,5,11-17H2,1-3H3/t18-,19-,21+,30?/m1/s1. The Labute approximate surface area is 182 Å². The summed E-state index contributed by atoms with van der Waals surface area (Å²) < 4.78 is 46.2. The van der Waals surface area contributed by atoms with Crippen LogP contribution in [0.4, 0.5) is 0 Å². The zero-order chi connectivity index (χ0) is 22.2. The quantitative estimate of drug-likeness (QED) is 0.162. The monoisotopic (exact) mass is 457 g/mol. The first-order chi connectivity index (χ1) is 14.5. The van der Waals surface area contributed by atoms with Crippen LogP contribution in [-0.4, -0.2) is 38.6 Å². The lowest BCUT2D eigenvalue weighted by atomic mass is 9.89. The Hall–Kier alpha value is -1.12.